The predicted octanol–water partition coefficient (Wildman–Crippen LogP) is 2.23. The Morgan fingerprint density at radius 3 is 2.68 bits per heavy atom. The summed E-state index contributed by atoms with van der Waals surface area (Å²) in [7, 11) is 0. The Balaban J connectivity index is 1.48. The Kier molecular flexibility index (Phi) is 5.33. The van der Waals surface area contributed by atoms with Gasteiger partial charge in [0.25, 0.3) is 5.91 Å². The van der Waals surface area contributed by atoms with Gasteiger partial charge in [0.2, 0.25) is 5.91 Å². The normalized spacial score (nSPS) is 16.6. The molecule has 0 bridgehead atoms. The number of benzene rings is 2. The largest absolute Gasteiger partial charge is 0.399 e. The van der Waals surface area contributed by atoms with Gasteiger partial charge in [0.05, 0.1) is 0 Å². The maximum atomic E-state index is 12.4. The van der Waals surface area contributed by atoms with Crippen LogP contribution in [0.1, 0.15) is 28.8 Å². The third-order valence-electron chi connectivity index (χ3n) is 4.50. The second-order valence-electron chi connectivity index (χ2n) is 6.41. The molecule has 5 heteroatoms. The van der Waals surface area contributed by atoms with Crippen molar-refractivity contribution < 1.29 is 9.59 Å². The Labute approximate surface area is 147 Å². The fraction of sp³-hybridized carbons (Fsp3) is 0.300. The number of nitrogens with two attached hydrogens (primary N) is 1. The number of nitrogens with one attached hydrogen (secondary N) is 1. The van der Waals surface area contributed by atoms with E-state index in [0.29, 0.717) is 30.8 Å². The van der Waals surface area contributed by atoms with Crippen LogP contribution in [0.4, 0.5) is 5.69 Å². The van der Waals surface area contributed by atoms with Gasteiger partial charge in [-0.25, -0.2) is 0 Å². The molecule has 5 nitrogen and oxygen atoms in total. The maximum Gasteiger partial charge on any atom is 0.251 e. The summed E-state index contributed by atoms with van der Waals surface area (Å²) in [6.45, 7) is 1.26. The first kappa shape index (κ1) is 17.0. The van der Waals surface area contributed by atoms with Crippen molar-refractivity contribution in [1.29, 1.82) is 0 Å². The summed E-state index contributed by atoms with van der Waals surface area (Å²) >= 11 is 0. The van der Waals surface area contributed by atoms with Gasteiger partial charge in [-0.2, -0.15) is 0 Å². The Bertz CT molecular complexity index is 746. The third kappa shape index (κ3) is 4.59. The highest BCUT2D eigenvalue weighted by molar-refractivity contribution is 5.95. The van der Waals surface area contributed by atoms with Crippen molar-refractivity contribution in [1.82, 2.24) is 10.2 Å². The Morgan fingerprint density at radius 2 is 1.92 bits per heavy atom. The van der Waals surface area contributed by atoms with Crippen LogP contribution in [0.2, 0.25) is 0 Å². The van der Waals surface area contributed by atoms with Crippen LogP contribution in [-0.2, 0) is 11.2 Å². The van der Waals surface area contributed by atoms with Gasteiger partial charge < -0.3 is 16.0 Å². The number of carbonyl (C=O) groups is 2. The van der Waals surface area contributed by atoms with Gasteiger partial charge in [0.1, 0.15) is 0 Å². The van der Waals surface area contributed by atoms with E-state index < -0.39 is 0 Å². The number of amides is 2. The first-order chi connectivity index (χ1) is 12.1. The second-order valence-corrected chi connectivity index (χ2v) is 6.41. The molecule has 0 radical (unpaired) electrons. The lowest BCUT2D eigenvalue weighted by Crippen LogP contribution is -2.38. The summed E-state index contributed by atoms with van der Waals surface area (Å²) in [5.41, 5.74) is 8.00. The summed E-state index contributed by atoms with van der Waals surface area (Å²) in [4.78, 5) is 26.5. The zero-order valence-corrected chi connectivity index (χ0v) is 14.2. The molecule has 1 atom stereocenters. The molecular formula is C20H23N3O2. The molecule has 0 saturated carbocycles. The molecular weight excluding hydrogens is 314 g/mol. The third-order valence-corrected chi connectivity index (χ3v) is 4.50. The van der Waals surface area contributed by atoms with Gasteiger partial charge in [0.15, 0.2) is 0 Å². The van der Waals surface area contributed by atoms with Crippen LogP contribution in [0.3, 0.4) is 0 Å². The van der Waals surface area contributed by atoms with Crippen LogP contribution < -0.4 is 11.1 Å². The van der Waals surface area contributed by atoms with Crippen molar-refractivity contribution in [2.45, 2.75) is 25.3 Å². The molecule has 2 amide bonds. The van der Waals surface area contributed by atoms with Crippen LogP contribution in [-0.4, -0.2) is 35.8 Å². The van der Waals surface area contributed by atoms with Crippen molar-refractivity contribution in [3.8, 4) is 0 Å². The van der Waals surface area contributed by atoms with Crippen molar-refractivity contribution in [3.05, 3.63) is 65.7 Å². The summed E-state index contributed by atoms with van der Waals surface area (Å²) in [6.07, 6.45) is 2.03. The van der Waals surface area contributed by atoms with Crippen LogP contribution in [0.15, 0.2) is 54.6 Å². The molecule has 0 spiro atoms. The molecule has 130 valence electrons. The molecule has 1 unspecified atom stereocenters. The molecule has 0 aromatic heterocycles. The zero-order chi connectivity index (χ0) is 17.6. The smallest absolute Gasteiger partial charge is 0.251 e. The average molecular weight is 337 g/mol. The summed E-state index contributed by atoms with van der Waals surface area (Å²) < 4.78 is 0. The van der Waals surface area contributed by atoms with Gasteiger partial charge >= 0.3 is 0 Å². The number of anilines is 1. The Hall–Kier alpha value is -2.82. The van der Waals surface area contributed by atoms with E-state index in [1.54, 1.807) is 24.3 Å². The molecule has 1 heterocycles. The molecule has 2 aromatic rings. The van der Waals surface area contributed by atoms with E-state index in [0.717, 1.165) is 12.8 Å². The zero-order valence-electron chi connectivity index (χ0n) is 14.2. The number of rotatable bonds is 5. The molecule has 25 heavy (non-hydrogen) atoms. The summed E-state index contributed by atoms with van der Waals surface area (Å²) in [6, 6.07) is 16.9. The van der Waals surface area contributed by atoms with Crippen molar-refractivity contribution in [3.63, 3.8) is 0 Å². The average Bonchev–Trinajstić information content (AvgIpc) is 3.09. The van der Waals surface area contributed by atoms with E-state index in [4.69, 9.17) is 5.73 Å². The number of nitrogen functional groups attached to an aromatic ring is 1. The van der Waals surface area contributed by atoms with E-state index in [2.05, 4.69) is 5.32 Å². The number of nitrogens with zero attached hydrogens (tertiary/aromatic N) is 1. The van der Waals surface area contributed by atoms with Crippen molar-refractivity contribution in [2.24, 2.45) is 0 Å². The quantitative estimate of drug-likeness (QED) is 0.822. The highest BCUT2D eigenvalue weighted by Crippen LogP contribution is 2.14. The van der Waals surface area contributed by atoms with E-state index in [-0.39, 0.29) is 17.9 Å². The van der Waals surface area contributed by atoms with Gasteiger partial charge in [-0.15, -0.1) is 0 Å². The van der Waals surface area contributed by atoms with Gasteiger partial charge in [0, 0.05) is 36.8 Å². The highest BCUT2D eigenvalue weighted by atomic mass is 16.2. The number of aryl methyl sites for hydroxylation is 1. The standard InChI is InChI=1S/C20H23N3O2/c21-17-8-4-7-16(13-17)20(25)22-18-11-12-23(14-18)19(24)10-9-15-5-2-1-3-6-15/h1-8,13,18H,9-12,14,21H2,(H,22,25). The van der Waals surface area contributed by atoms with Crippen LogP contribution in [0.25, 0.3) is 0 Å². The number of hydrogen-bond donors (Lipinski definition) is 2. The lowest BCUT2D eigenvalue weighted by Gasteiger charge is -2.17. The molecule has 3 rings (SSSR count). The summed E-state index contributed by atoms with van der Waals surface area (Å²) in [5.74, 6) is 0.000409. The molecule has 0 aliphatic carbocycles. The van der Waals surface area contributed by atoms with Crippen molar-refractivity contribution in [2.75, 3.05) is 18.8 Å². The number of likely N-dealkylation sites (tertiary alicyclic amines) is 1. The van der Waals surface area contributed by atoms with E-state index in [1.165, 1.54) is 5.56 Å². The van der Waals surface area contributed by atoms with Gasteiger partial charge in [-0.3, -0.25) is 9.59 Å². The topological polar surface area (TPSA) is 75.4 Å². The van der Waals surface area contributed by atoms with Crippen LogP contribution in [0, 0.1) is 0 Å². The monoisotopic (exact) mass is 337 g/mol. The highest BCUT2D eigenvalue weighted by Gasteiger charge is 2.27. The minimum absolute atomic E-state index is 0.00499. The Morgan fingerprint density at radius 1 is 1.12 bits per heavy atom. The van der Waals surface area contributed by atoms with E-state index >= 15 is 0 Å². The first-order valence-corrected chi connectivity index (χ1v) is 8.60. The first-order valence-electron chi connectivity index (χ1n) is 8.60. The summed E-state index contributed by atoms with van der Waals surface area (Å²) in [5, 5.41) is 2.99. The van der Waals surface area contributed by atoms with E-state index in [9.17, 15) is 9.59 Å². The SMILES string of the molecule is Nc1cccc(C(=O)NC2CCN(C(=O)CCc3ccccc3)C2)c1. The van der Waals surface area contributed by atoms with Crippen LogP contribution >= 0.6 is 0 Å². The fourth-order valence-electron chi connectivity index (χ4n) is 3.11. The molecule has 2 aromatic carbocycles. The molecule has 1 aliphatic rings. The second kappa shape index (κ2) is 7.83. The van der Waals surface area contributed by atoms with Gasteiger partial charge in [-0.05, 0) is 36.6 Å². The molecule has 1 fully saturated rings. The maximum absolute atomic E-state index is 12.4. The van der Waals surface area contributed by atoms with Crippen LogP contribution in [0.5, 0.6) is 0 Å². The lowest BCUT2D eigenvalue weighted by molar-refractivity contribution is -0.130. The van der Waals surface area contributed by atoms with E-state index in [1.807, 2.05) is 35.2 Å². The molecule has 1 aliphatic heterocycles. The predicted molar refractivity (Wildman–Crippen MR) is 98.1 cm³/mol. The fourth-order valence-corrected chi connectivity index (χ4v) is 3.11. The molecule has 3 N–H and O–H groups in total. The minimum atomic E-state index is -0.143. The number of hydrogen-bond acceptors (Lipinski definition) is 3. The van der Waals surface area contributed by atoms with Gasteiger partial charge in [-0.1, -0.05) is 36.4 Å². The van der Waals surface area contributed by atoms with Crippen molar-refractivity contribution >= 4 is 17.5 Å². The molecule has 1 saturated heterocycles. The lowest BCUT2D eigenvalue weighted by atomic mass is 10.1. The minimum Gasteiger partial charge on any atom is -0.399 e. The number of carbonyl (C=O) groups excluding carboxylic acids is 2.